The normalized spacial score (nSPS) is 28.4. The average molecular weight is 635 g/mol. The van der Waals surface area contributed by atoms with Crippen LogP contribution in [0.1, 0.15) is 56.7 Å². The molecular formula is C34H41BrFN5O. The van der Waals surface area contributed by atoms with Crippen molar-refractivity contribution in [1.29, 1.82) is 0 Å². The van der Waals surface area contributed by atoms with E-state index in [0.717, 1.165) is 80.4 Å². The fourth-order valence-electron chi connectivity index (χ4n) is 8.36. The summed E-state index contributed by atoms with van der Waals surface area (Å²) < 4.78 is 21.5. The first kappa shape index (κ1) is 27.1. The number of hydrogen-bond acceptors (Lipinski definition) is 6. The molecule has 3 aliphatic heterocycles. The second kappa shape index (κ2) is 10.3. The number of piperidine rings is 1. The van der Waals surface area contributed by atoms with E-state index in [9.17, 15) is 4.39 Å². The average Bonchev–Trinajstić information content (AvgIpc) is 3.54. The molecule has 6 nitrogen and oxygen atoms in total. The van der Waals surface area contributed by atoms with Gasteiger partial charge in [-0.15, -0.1) is 0 Å². The maximum atomic E-state index is 13.8. The minimum absolute atomic E-state index is 0.114. The van der Waals surface area contributed by atoms with Gasteiger partial charge in [0.25, 0.3) is 0 Å². The number of aromatic nitrogens is 2. The number of likely N-dealkylation sites (tertiary alicyclic amines) is 1. The summed E-state index contributed by atoms with van der Waals surface area (Å²) in [6, 6.07) is 13.5. The van der Waals surface area contributed by atoms with Crippen molar-refractivity contribution >= 4 is 38.2 Å². The molecule has 0 N–H and O–H groups in total. The fourth-order valence-corrected chi connectivity index (χ4v) is 8.94. The quantitative estimate of drug-likeness (QED) is 0.286. The van der Waals surface area contributed by atoms with Crippen LogP contribution in [0, 0.1) is 16.7 Å². The van der Waals surface area contributed by atoms with E-state index in [2.05, 4.69) is 74.0 Å². The molecule has 3 aromatic rings. The van der Waals surface area contributed by atoms with Crippen LogP contribution in [0.2, 0.25) is 0 Å². The number of hydrogen-bond donors (Lipinski definition) is 0. The van der Waals surface area contributed by atoms with Crippen molar-refractivity contribution in [2.75, 3.05) is 55.7 Å². The van der Waals surface area contributed by atoms with Crippen LogP contribution in [-0.2, 0) is 13.0 Å². The van der Waals surface area contributed by atoms with E-state index in [-0.39, 0.29) is 5.41 Å². The van der Waals surface area contributed by atoms with Gasteiger partial charge in [-0.25, -0.2) is 4.39 Å². The number of benzene rings is 2. The van der Waals surface area contributed by atoms with E-state index < -0.39 is 6.17 Å². The fraction of sp³-hybridized carbons (Fsp3) is 0.588. The molecule has 4 fully saturated rings. The first-order valence-electron chi connectivity index (χ1n) is 15.9. The highest BCUT2D eigenvalue weighted by atomic mass is 79.9. The summed E-state index contributed by atoms with van der Waals surface area (Å²) in [7, 11) is 0. The van der Waals surface area contributed by atoms with Crippen molar-refractivity contribution in [2.24, 2.45) is 16.7 Å². The molecule has 42 heavy (non-hydrogen) atoms. The number of anilines is 2. The van der Waals surface area contributed by atoms with Crippen LogP contribution in [0.5, 0.6) is 6.01 Å². The highest BCUT2D eigenvalue weighted by Crippen LogP contribution is 2.49. The molecule has 2 saturated heterocycles. The van der Waals surface area contributed by atoms with Gasteiger partial charge in [0.15, 0.2) is 0 Å². The Kier molecular flexibility index (Phi) is 6.67. The molecule has 4 heterocycles. The van der Waals surface area contributed by atoms with Crippen molar-refractivity contribution in [1.82, 2.24) is 14.9 Å². The zero-order valence-electron chi connectivity index (χ0n) is 24.6. The predicted octanol–water partition coefficient (Wildman–Crippen LogP) is 6.78. The first-order chi connectivity index (χ1) is 20.4. The Labute approximate surface area is 256 Å². The minimum Gasteiger partial charge on any atom is -0.463 e. The Morgan fingerprint density at radius 1 is 1.02 bits per heavy atom. The number of alkyl halides is 1. The van der Waals surface area contributed by atoms with Crippen LogP contribution in [0.4, 0.5) is 15.9 Å². The Morgan fingerprint density at radius 2 is 1.88 bits per heavy atom. The molecule has 2 bridgehead atoms. The summed E-state index contributed by atoms with van der Waals surface area (Å²) in [4.78, 5) is 17.6. The minimum atomic E-state index is -0.680. The van der Waals surface area contributed by atoms with Gasteiger partial charge in [0.05, 0.1) is 18.8 Å². The maximum absolute atomic E-state index is 13.8. The van der Waals surface area contributed by atoms with E-state index in [0.29, 0.717) is 31.0 Å². The van der Waals surface area contributed by atoms with Gasteiger partial charge in [-0.3, -0.25) is 4.90 Å². The van der Waals surface area contributed by atoms with Crippen molar-refractivity contribution in [3.63, 3.8) is 0 Å². The van der Waals surface area contributed by atoms with Crippen molar-refractivity contribution < 1.29 is 9.13 Å². The lowest BCUT2D eigenvalue weighted by Gasteiger charge is -2.41. The van der Waals surface area contributed by atoms with Crippen LogP contribution < -0.4 is 14.5 Å². The molecule has 8 rings (SSSR count). The van der Waals surface area contributed by atoms with Gasteiger partial charge >= 0.3 is 6.01 Å². The largest absolute Gasteiger partial charge is 0.463 e. The summed E-state index contributed by atoms with van der Waals surface area (Å²) in [6.07, 6.45) is 7.14. The molecule has 0 amide bonds. The van der Waals surface area contributed by atoms with Gasteiger partial charge in [-0.05, 0) is 73.8 Å². The lowest BCUT2D eigenvalue weighted by atomic mass is 9.84. The SMILES string of the molecule is C[C@@]12CC[C@H](CN(c3nc(OCC4(CN5CC[C@@H](F)C5)CC4)nc4c3CCN(c3cccc5cccc(Br)c35)C4)C1)C2. The molecular weight excluding hydrogens is 593 g/mol. The molecule has 8 heteroatoms. The molecule has 222 valence electrons. The molecule has 2 aliphatic carbocycles. The Morgan fingerprint density at radius 3 is 2.67 bits per heavy atom. The zero-order chi connectivity index (χ0) is 28.5. The lowest BCUT2D eigenvalue weighted by molar-refractivity contribution is 0.164. The number of fused-ring (bicyclic) bond motifs is 4. The lowest BCUT2D eigenvalue weighted by Crippen LogP contribution is -2.43. The van der Waals surface area contributed by atoms with Gasteiger partial charge in [-0.2, -0.15) is 9.97 Å². The molecule has 5 aliphatic rings. The van der Waals surface area contributed by atoms with E-state index in [1.807, 2.05) is 0 Å². The molecule has 2 saturated carbocycles. The van der Waals surface area contributed by atoms with Crippen molar-refractivity contribution in [2.45, 2.75) is 64.6 Å². The van der Waals surface area contributed by atoms with Gasteiger partial charge in [0.1, 0.15) is 12.0 Å². The third kappa shape index (κ3) is 5.06. The smallest absolute Gasteiger partial charge is 0.318 e. The number of nitrogens with zero attached hydrogens (tertiary/aromatic N) is 5. The van der Waals surface area contributed by atoms with Crippen molar-refractivity contribution in [3.05, 3.63) is 52.1 Å². The van der Waals surface area contributed by atoms with Gasteiger partial charge < -0.3 is 14.5 Å². The Balaban J connectivity index is 1.10. The van der Waals surface area contributed by atoms with E-state index in [1.54, 1.807) is 0 Å². The second-order valence-corrected chi connectivity index (χ2v) is 15.1. The topological polar surface area (TPSA) is 44.7 Å². The molecule has 0 radical (unpaired) electrons. The van der Waals surface area contributed by atoms with Crippen LogP contribution in [-0.4, -0.2) is 66.9 Å². The number of halogens is 2. The first-order valence-corrected chi connectivity index (χ1v) is 16.7. The molecule has 1 aromatic heterocycles. The van der Waals surface area contributed by atoms with Gasteiger partial charge in [0.2, 0.25) is 0 Å². The van der Waals surface area contributed by atoms with E-state index >= 15 is 0 Å². The summed E-state index contributed by atoms with van der Waals surface area (Å²) in [6.45, 7) is 9.24. The summed E-state index contributed by atoms with van der Waals surface area (Å²) in [5, 5.41) is 2.49. The van der Waals surface area contributed by atoms with E-state index in [1.165, 1.54) is 41.3 Å². The monoisotopic (exact) mass is 633 g/mol. The summed E-state index contributed by atoms with van der Waals surface area (Å²) in [5.74, 6) is 1.86. The number of rotatable bonds is 7. The third-order valence-electron chi connectivity index (χ3n) is 10.7. The zero-order valence-corrected chi connectivity index (χ0v) is 26.2. The second-order valence-electron chi connectivity index (χ2n) is 14.3. The van der Waals surface area contributed by atoms with Gasteiger partial charge in [-0.1, -0.05) is 47.1 Å². The third-order valence-corrected chi connectivity index (χ3v) is 11.4. The number of ether oxygens (including phenoxy) is 1. The molecule has 2 aromatic carbocycles. The Bertz CT molecular complexity index is 1510. The van der Waals surface area contributed by atoms with Crippen LogP contribution >= 0.6 is 15.9 Å². The highest BCUT2D eigenvalue weighted by Gasteiger charge is 2.46. The maximum Gasteiger partial charge on any atom is 0.318 e. The van der Waals surface area contributed by atoms with Crippen LogP contribution in [0.25, 0.3) is 10.8 Å². The summed E-state index contributed by atoms with van der Waals surface area (Å²) >= 11 is 3.82. The molecule has 0 unspecified atom stereocenters. The van der Waals surface area contributed by atoms with E-state index in [4.69, 9.17) is 14.7 Å². The standard InChI is InChI=1S/C34H41BrFN5O/c1-33-11-8-23(16-33)17-41(20-33)31-26-10-15-40(29-7-3-5-24-4-2-6-27(35)30(24)29)19-28(26)37-32(38-31)42-22-34(12-13-34)21-39-14-9-25(36)18-39/h2-7,23,25H,8-22H2,1H3/t23-,25+,33-/m0/s1. The highest BCUT2D eigenvalue weighted by molar-refractivity contribution is 9.10. The van der Waals surface area contributed by atoms with Crippen LogP contribution in [0.15, 0.2) is 40.9 Å². The predicted molar refractivity (Wildman–Crippen MR) is 169 cm³/mol. The Hall–Kier alpha value is -2.45. The van der Waals surface area contributed by atoms with Crippen LogP contribution in [0.3, 0.4) is 0 Å². The summed E-state index contributed by atoms with van der Waals surface area (Å²) in [5.41, 5.74) is 4.13. The van der Waals surface area contributed by atoms with Crippen molar-refractivity contribution in [3.8, 4) is 6.01 Å². The van der Waals surface area contributed by atoms with Gasteiger partial charge in [0, 0.05) is 65.8 Å². The molecule has 3 atom stereocenters. The molecule has 0 spiro atoms.